The van der Waals surface area contributed by atoms with Gasteiger partial charge < -0.3 is 4.98 Å². The van der Waals surface area contributed by atoms with Crippen LogP contribution in [-0.4, -0.2) is 9.97 Å². The van der Waals surface area contributed by atoms with Crippen molar-refractivity contribution in [3.05, 3.63) is 94.4 Å². The number of pyridine rings is 1. The Morgan fingerprint density at radius 1 is 1.18 bits per heavy atom. The maximum absolute atomic E-state index is 9.82. The Morgan fingerprint density at radius 2 is 2.04 bits per heavy atom. The molecule has 0 aliphatic heterocycles. The van der Waals surface area contributed by atoms with Crippen LogP contribution < -0.4 is 0 Å². The number of halogens is 1. The molecule has 0 unspecified atom stereocenters. The number of fused-ring (bicyclic) bond motifs is 1. The van der Waals surface area contributed by atoms with Gasteiger partial charge in [-0.15, -0.1) is 11.8 Å². The first-order valence-corrected chi connectivity index (χ1v) is 10.5. The fraction of sp³-hybridized carbons (Fsp3) is 0.0435. The highest BCUT2D eigenvalue weighted by molar-refractivity contribution is 9.10. The van der Waals surface area contributed by atoms with Crippen molar-refractivity contribution in [3.63, 3.8) is 0 Å². The number of nitriles is 1. The highest BCUT2D eigenvalue weighted by Crippen LogP contribution is 2.31. The lowest BCUT2D eigenvalue weighted by atomic mass is 10.0. The van der Waals surface area contributed by atoms with E-state index in [1.807, 2.05) is 60.9 Å². The molecular formula is C23H16BrN3S. The first kappa shape index (κ1) is 18.5. The van der Waals surface area contributed by atoms with Gasteiger partial charge in [0, 0.05) is 55.7 Å². The molecule has 0 atom stereocenters. The second-order valence-electron chi connectivity index (χ2n) is 6.25. The van der Waals surface area contributed by atoms with E-state index in [0.29, 0.717) is 5.57 Å². The third-order valence-corrected chi connectivity index (χ3v) is 6.06. The molecule has 0 fully saturated rings. The zero-order valence-corrected chi connectivity index (χ0v) is 17.3. The van der Waals surface area contributed by atoms with E-state index in [4.69, 9.17) is 0 Å². The van der Waals surface area contributed by atoms with Crippen LogP contribution in [0.25, 0.3) is 22.6 Å². The Morgan fingerprint density at radius 3 is 2.86 bits per heavy atom. The zero-order chi connectivity index (χ0) is 19.3. The summed E-state index contributed by atoms with van der Waals surface area (Å²) in [6.07, 6.45) is 7.41. The van der Waals surface area contributed by atoms with Crippen LogP contribution in [0, 0.1) is 11.3 Å². The molecule has 0 aliphatic carbocycles. The molecule has 0 bridgehead atoms. The van der Waals surface area contributed by atoms with Gasteiger partial charge in [-0.25, -0.2) is 0 Å². The molecule has 2 heterocycles. The van der Waals surface area contributed by atoms with Crippen molar-refractivity contribution in [1.82, 2.24) is 9.97 Å². The van der Waals surface area contributed by atoms with E-state index in [2.05, 4.69) is 44.1 Å². The van der Waals surface area contributed by atoms with Gasteiger partial charge in [-0.2, -0.15) is 5.26 Å². The van der Waals surface area contributed by atoms with E-state index >= 15 is 0 Å². The average Bonchev–Trinajstić information content (AvgIpc) is 3.15. The Kier molecular flexibility index (Phi) is 5.61. The highest BCUT2D eigenvalue weighted by Gasteiger charge is 2.11. The number of benzene rings is 2. The van der Waals surface area contributed by atoms with Crippen molar-refractivity contribution in [2.24, 2.45) is 0 Å². The number of H-pyrrole nitrogens is 1. The largest absolute Gasteiger partial charge is 0.361 e. The van der Waals surface area contributed by atoms with Crippen LogP contribution in [0.15, 0.2) is 82.6 Å². The predicted octanol–water partition coefficient (Wildman–Crippen LogP) is 6.68. The Bertz CT molecular complexity index is 1190. The SMILES string of the molecule is N#C/C(=C\c1cnccc1SCc1ccccc1)c1c[nH]c2ccc(Br)cc12. The molecule has 0 radical (unpaired) electrons. The summed E-state index contributed by atoms with van der Waals surface area (Å²) in [5.74, 6) is 0.869. The molecule has 0 saturated carbocycles. The lowest BCUT2D eigenvalue weighted by Crippen LogP contribution is -1.87. The van der Waals surface area contributed by atoms with E-state index in [1.165, 1.54) is 5.56 Å². The Balaban J connectivity index is 1.69. The minimum absolute atomic E-state index is 0.610. The van der Waals surface area contributed by atoms with E-state index in [1.54, 1.807) is 18.0 Å². The maximum atomic E-state index is 9.82. The number of nitrogens with zero attached hydrogens (tertiary/aromatic N) is 2. The van der Waals surface area contributed by atoms with Crippen LogP contribution in [0.5, 0.6) is 0 Å². The fourth-order valence-electron chi connectivity index (χ4n) is 3.01. The quantitative estimate of drug-likeness (QED) is 0.275. The van der Waals surface area contributed by atoms with Gasteiger partial charge in [0.05, 0.1) is 11.6 Å². The van der Waals surface area contributed by atoms with E-state index in [9.17, 15) is 5.26 Å². The summed E-state index contributed by atoms with van der Waals surface area (Å²) >= 11 is 5.26. The molecule has 1 N–H and O–H groups in total. The van der Waals surface area contributed by atoms with Crippen molar-refractivity contribution >= 4 is 50.2 Å². The number of aromatic amines is 1. The Labute approximate surface area is 176 Å². The molecule has 136 valence electrons. The van der Waals surface area contributed by atoms with Crippen LogP contribution >= 0.6 is 27.7 Å². The summed E-state index contributed by atoms with van der Waals surface area (Å²) in [7, 11) is 0. The van der Waals surface area contributed by atoms with Gasteiger partial charge >= 0.3 is 0 Å². The molecule has 0 spiro atoms. The first-order chi connectivity index (χ1) is 13.7. The number of hydrogen-bond donors (Lipinski definition) is 1. The van der Waals surface area contributed by atoms with Gasteiger partial charge in [-0.05, 0) is 35.9 Å². The molecule has 4 rings (SSSR count). The molecule has 0 saturated heterocycles. The van der Waals surface area contributed by atoms with Gasteiger partial charge in [0.2, 0.25) is 0 Å². The maximum Gasteiger partial charge on any atom is 0.0998 e. The Hall–Kier alpha value is -2.81. The predicted molar refractivity (Wildman–Crippen MR) is 120 cm³/mol. The number of allylic oxidation sites excluding steroid dienone is 1. The van der Waals surface area contributed by atoms with Gasteiger partial charge in [-0.1, -0.05) is 46.3 Å². The third kappa shape index (κ3) is 4.04. The second-order valence-corrected chi connectivity index (χ2v) is 8.18. The normalized spacial score (nSPS) is 11.5. The summed E-state index contributed by atoms with van der Waals surface area (Å²) < 4.78 is 0.985. The minimum Gasteiger partial charge on any atom is -0.361 e. The summed E-state index contributed by atoms with van der Waals surface area (Å²) in [6, 6.07) is 20.7. The van der Waals surface area contributed by atoms with E-state index in [-0.39, 0.29) is 0 Å². The average molecular weight is 446 g/mol. The monoisotopic (exact) mass is 445 g/mol. The summed E-state index contributed by atoms with van der Waals surface area (Å²) in [5, 5.41) is 10.8. The van der Waals surface area contributed by atoms with Gasteiger partial charge in [-0.3, -0.25) is 4.98 Å². The molecule has 5 heteroatoms. The molecule has 28 heavy (non-hydrogen) atoms. The first-order valence-electron chi connectivity index (χ1n) is 8.74. The van der Waals surface area contributed by atoms with Crippen molar-refractivity contribution in [2.45, 2.75) is 10.6 Å². The van der Waals surface area contributed by atoms with Gasteiger partial charge in [0.1, 0.15) is 0 Å². The number of aromatic nitrogens is 2. The highest BCUT2D eigenvalue weighted by atomic mass is 79.9. The zero-order valence-electron chi connectivity index (χ0n) is 14.9. The lowest BCUT2D eigenvalue weighted by Gasteiger charge is -2.06. The summed E-state index contributed by atoms with van der Waals surface area (Å²) in [5.41, 5.74) is 4.72. The number of hydrogen-bond acceptors (Lipinski definition) is 3. The second kappa shape index (κ2) is 8.47. The topological polar surface area (TPSA) is 52.5 Å². The van der Waals surface area contributed by atoms with Crippen molar-refractivity contribution < 1.29 is 0 Å². The number of thioether (sulfide) groups is 1. The van der Waals surface area contributed by atoms with Crippen molar-refractivity contribution in [2.75, 3.05) is 0 Å². The molecule has 0 aliphatic rings. The fourth-order valence-corrected chi connectivity index (χ4v) is 4.32. The molecular weight excluding hydrogens is 430 g/mol. The van der Waals surface area contributed by atoms with E-state index < -0.39 is 0 Å². The summed E-state index contributed by atoms with van der Waals surface area (Å²) in [6.45, 7) is 0. The molecule has 2 aromatic heterocycles. The van der Waals surface area contributed by atoms with Gasteiger partial charge in [0.25, 0.3) is 0 Å². The lowest BCUT2D eigenvalue weighted by molar-refractivity contribution is 1.24. The van der Waals surface area contributed by atoms with E-state index in [0.717, 1.165) is 37.2 Å². The van der Waals surface area contributed by atoms with Crippen LogP contribution in [-0.2, 0) is 5.75 Å². The molecule has 0 amide bonds. The van der Waals surface area contributed by atoms with Crippen LogP contribution in [0.4, 0.5) is 0 Å². The van der Waals surface area contributed by atoms with Crippen LogP contribution in [0.3, 0.4) is 0 Å². The number of nitrogens with one attached hydrogen (secondary N) is 1. The third-order valence-electron chi connectivity index (χ3n) is 4.40. The molecule has 4 aromatic rings. The van der Waals surface area contributed by atoms with Crippen LogP contribution in [0.2, 0.25) is 0 Å². The summed E-state index contributed by atoms with van der Waals surface area (Å²) in [4.78, 5) is 8.61. The standard InChI is InChI=1S/C23H16BrN3S/c24-19-6-7-22-20(11-19)21(14-27-22)17(12-25)10-18-13-26-9-8-23(18)28-15-16-4-2-1-3-5-16/h1-11,13-14,27H,15H2/b17-10+. The smallest absolute Gasteiger partial charge is 0.0998 e. The van der Waals surface area contributed by atoms with Crippen molar-refractivity contribution in [3.8, 4) is 6.07 Å². The number of rotatable bonds is 5. The minimum atomic E-state index is 0.610. The van der Waals surface area contributed by atoms with Gasteiger partial charge in [0.15, 0.2) is 0 Å². The molecule has 2 aromatic carbocycles. The van der Waals surface area contributed by atoms with Crippen LogP contribution in [0.1, 0.15) is 16.7 Å². The van der Waals surface area contributed by atoms with Crippen molar-refractivity contribution in [1.29, 1.82) is 5.26 Å². The molecule has 3 nitrogen and oxygen atoms in total.